The maximum atomic E-state index is 8.53. The molecule has 0 aliphatic carbocycles. The third-order valence-corrected chi connectivity index (χ3v) is 2.79. The van der Waals surface area contributed by atoms with Gasteiger partial charge in [-0.25, -0.2) is 0 Å². The van der Waals surface area contributed by atoms with Crippen molar-refractivity contribution < 1.29 is 9.84 Å². The number of aliphatic hydroxyl groups is 1. The smallest absolute Gasteiger partial charge is 0.0698 e. The van der Waals surface area contributed by atoms with Gasteiger partial charge in [0.05, 0.1) is 19.8 Å². The van der Waals surface area contributed by atoms with Crippen molar-refractivity contribution in [1.29, 1.82) is 0 Å². The first-order valence-electron chi connectivity index (χ1n) is 6.16. The SMILES string of the molecule is CC[C@@H](C)C[C@H](CC)NCCOCCO. The van der Waals surface area contributed by atoms with E-state index in [1.54, 1.807) is 0 Å². The van der Waals surface area contributed by atoms with Gasteiger partial charge < -0.3 is 15.2 Å². The van der Waals surface area contributed by atoms with E-state index >= 15 is 0 Å². The highest BCUT2D eigenvalue weighted by Crippen LogP contribution is 2.11. The summed E-state index contributed by atoms with van der Waals surface area (Å²) >= 11 is 0. The van der Waals surface area contributed by atoms with E-state index in [1.165, 1.54) is 19.3 Å². The standard InChI is InChI=1S/C12H27NO2/c1-4-11(3)10-12(5-2)13-6-8-15-9-7-14/h11-14H,4-10H2,1-3H3/t11-,12+/m1/s1. The summed E-state index contributed by atoms with van der Waals surface area (Å²) in [6.45, 7) is 8.89. The van der Waals surface area contributed by atoms with Gasteiger partial charge in [-0.15, -0.1) is 0 Å². The lowest BCUT2D eigenvalue weighted by Gasteiger charge is -2.20. The van der Waals surface area contributed by atoms with Crippen molar-refractivity contribution in [3.63, 3.8) is 0 Å². The molecule has 0 fully saturated rings. The van der Waals surface area contributed by atoms with Crippen LogP contribution in [0.25, 0.3) is 0 Å². The molecule has 3 nitrogen and oxygen atoms in total. The van der Waals surface area contributed by atoms with Crippen molar-refractivity contribution in [3.05, 3.63) is 0 Å². The Balaban J connectivity index is 3.44. The van der Waals surface area contributed by atoms with E-state index in [1.807, 2.05) is 0 Å². The van der Waals surface area contributed by atoms with E-state index in [9.17, 15) is 0 Å². The van der Waals surface area contributed by atoms with E-state index in [0.29, 0.717) is 19.3 Å². The highest BCUT2D eigenvalue weighted by molar-refractivity contribution is 4.67. The van der Waals surface area contributed by atoms with Crippen molar-refractivity contribution >= 4 is 0 Å². The Morgan fingerprint density at radius 1 is 1.20 bits per heavy atom. The average molecular weight is 217 g/mol. The van der Waals surface area contributed by atoms with Crippen molar-refractivity contribution in [1.82, 2.24) is 5.32 Å². The van der Waals surface area contributed by atoms with Crippen LogP contribution >= 0.6 is 0 Å². The van der Waals surface area contributed by atoms with Gasteiger partial charge in [0, 0.05) is 12.6 Å². The molecule has 0 amide bonds. The molecule has 0 saturated carbocycles. The summed E-state index contributed by atoms with van der Waals surface area (Å²) < 4.78 is 5.20. The zero-order valence-electron chi connectivity index (χ0n) is 10.5. The fourth-order valence-corrected chi connectivity index (χ4v) is 1.55. The van der Waals surface area contributed by atoms with Crippen LogP contribution < -0.4 is 5.32 Å². The molecule has 0 heterocycles. The molecule has 0 aromatic heterocycles. The number of ether oxygens (including phenoxy) is 1. The maximum Gasteiger partial charge on any atom is 0.0698 e. The zero-order valence-corrected chi connectivity index (χ0v) is 10.5. The van der Waals surface area contributed by atoms with Crippen LogP contribution in [0.2, 0.25) is 0 Å². The van der Waals surface area contributed by atoms with Crippen LogP contribution in [0.5, 0.6) is 0 Å². The van der Waals surface area contributed by atoms with Crippen molar-refractivity contribution in [3.8, 4) is 0 Å². The van der Waals surface area contributed by atoms with E-state index < -0.39 is 0 Å². The summed E-state index contributed by atoms with van der Waals surface area (Å²) in [6, 6.07) is 0.609. The van der Waals surface area contributed by atoms with Gasteiger partial charge >= 0.3 is 0 Å². The molecular weight excluding hydrogens is 190 g/mol. The summed E-state index contributed by atoms with van der Waals surface area (Å²) in [6.07, 6.45) is 3.66. The molecule has 0 aliphatic rings. The Hall–Kier alpha value is -0.120. The summed E-state index contributed by atoms with van der Waals surface area (Å²) in [7, 11) is 0. The summed E-state index contributed by atoms with van der Waals surface area (Å²) in [5.41, 5.74) is 0. The number of aliphatic hydroxyl groups excluding tert-OH is 1. The largest absolute Gasteiger partial charge is 0.394 e. The second kappa shape index (κ2) is 10.4. The van der Waals surface area contributed by atoms with Gasteiger partial charge in [-0.05, 0) is 18.8 Å². The Labute approximate surface area is 94.2 Å². The number of rotatable bonds is 10. The predicted octanol–water partition coefficient (Wildman–Crippen LogP) is 1.80. The van der Waals surface area contributed by atoms with Crippen molar-refractivity contribution in [2.75, 3.05) is 26.4 Å². The van der Waals surface area contributed by atoms with Gasteiger partial charge in [-0.3, -0.25) is 0 Å². The fraction of sp³-hybridized carbons (Fsp3) is 1.00. The third kappa shape index (κ3) is 8.85. The van der Waals surface area contributed by atoms with Gasteiger partial charge in [-0.1, -0.05) is 27.2 Å². The first kappa shape index (κ1) is 14.9. The van der Waals surface area contributed by atoms with Gasteiger partial charge in [-0.2, -0.15) is 0 Å². The van der Waals surface area contributed by atoms with Gasteiger partial charge in [0.1, 0.15) is 0 Å². The molecule has 0 aliphatic heterocycles. The Morgan fingerprint density at radius 2 is 1.93 bits per heavy atom. The molecule has 3 heteroatoms. The lowest BCUT2D eigenvalue weighted by molar-refractivity contribution is 0.0920. The minimum atomic E-state index is 0.115. The first-order chi connectivity index (χ1) is 7.24. The van der Waals surface area contributed by atoms with Gasteiger partial charge in [0.15, 0.2) is 0 Å². The third-order valence-electron chi connectivity index (χ3n) is 2.79. The lowest BCUT2D eigenvalue weighted by atomic mass is 9.98. The predicted molar refractivity (Wildman–Crippen MR) is 64.1 cm³/mol. The lowest BCUT2D eigenvalue weighted by Crippen LogP contribution is -2.33. The van der Waals surface area contributed by atoms with Crippen LogP contribution in [-0.2, 0) is 4.74 Å². The topological polar surface area (TPSA) is 41.5 Å². The number of hydrogen-bond acceptors (Lipinski definition) is 3. The van der Waals surface area contributed by atoms with Crippen LogP contribution in [0, 0.1) is 5.92 Å². The summed E-state index contributed by atoms with van der Waals surface area (Å²) in [5.74, 6) is 0.792. The number of hydrogen-bond donors (Lipinski definition) is 2. The molecule has 2 atom stereocenters. The second-order valence-corrected chi connectivity index (χ2v) is 4.14. The molecule has 2 N–H and O–H groups in total. The number of nitrogens with one attached hydrogen (secondary N) is 1. The quantitative estimate of drug-likeness (QED) is 0.548. The molecule has 92 valence electrons. The molecule has 0 aromatic carbocycles. The van der Waals surface area contributed by atoms with Gasteiger partial charge in [0.25, 0.3) is 0 Å². The van der Waals surface area contributed by atoms with E-state index in [-0.39, 0.29) is 6.61 Å². The highest BCUT2D eigenvalue weighted by Gasteiger charge is 2.08. The molecule has 0 aromatic rings. The molecule has 0 unspecified atom stereocenters. The van der Waals surface area contributed by atoms with Gasteiger partial charge in [0.2, 0.25) is 0 Å². The molecule has 0 bridgehead atoms. The zero-order chi connectivity index (χ0) is 11.5. The first-order valence-corrected chi connectivity index (χ1v) is 6.16. The monoisotopic (exact) mass is 217 g/mol. The van der Waals surface area contributed by atoms with Crippen LogP contribution in [0.15, 0.2) is 0 Å². The van der Waals surface area contributed by atoms with Crippen LogP contribution in [0.1, 0.15) is 40.0 Å². The fourth-order valence-electron chi connectivity index (χ4n) is 1.55. The van der Waals surface area contributed by atoms with E-state index in [4.69, 9.17) is 9.84 Å². The Morgan fingerprint density at radius 3 is 2.47 bits per heavy atom. The Kier molecular flexibility index (Phi) is 10.3. The Bertz CT molecular complexity index is 131. The van der Waals surface area contributed by atoms with Crippen molar-refractivity contribution in [2.24, 2.45) is 5.92 Å². The van der Waals surface area contributed by atoms with Crippen molar-refractivity contribution in [2.45, 2.75) is 46.1 Å². The molecular formula is C12H27NO2. The van der Waals surface area contributed by atoms with Crippen LogP contribution in [0.3, 0.4) is 0 Å². The maximum absolute atomic E-state index is 8.53. The molecule has 0 spiro atoms. The average Bonchev–Trinajstić information content (AvgIpc) is 2.26. The van der Waals surface area contributed by atoms with E-state index in [0.717, 1.165) is 12.5 Å². The normalized spacial score (nSPS) is 15.2. The van der Waals surface area contributed by atoms with Crippen LogP contribution in [0.4, 0.5) is 0 Å². The minimum absolute atomic E-state index is 0.115. The second-order valence-electron chi connectivity index (χ2n) is 4.14. The summed E-state index contributed by atoms with van der Waals surface area (Å²) in [4.78, 5) is 0. The molecule has 0 radical (unpaired) electrons. The molecule has 0 saturated heterocycles. The molecule has 0 rings (SSSR count). The highest BCUT2D eigenvalue weighted by atomic mass is 16.5. The summed E-state index contributed by atoms with van der Waals surface area (Å²) in [5, 5.41) is 12.0. The minimum Gasteiger partial charge on any atom is -0.394 e. The van der Waals surface area contributed by atoms with E-state index in [2.05, 4.69) is 26.1 Å². The molecule has 15 heavy (non-hydrogen) atoms. The van der Waals surface area contributed by atoms with Crippen LogP contribution in [-0.4, -0.2) is 37.5 Å².